The Morgan fingerprint density at radius 3 is 2.61 bits per heavy atom. The molecular formula is C23H24ClN3O2S2. The van der Waals surface area contributed by atoms with Crippen molar-refractivity contribution in [3.05, 3.63) is 58.9 Å². The fourth-order valence-corrected chi connectivity index (χ4v) is 4.72. The number of nitrogens with zero attached hydrogens (tertiary/aromatic N) is 1. The predicted octanol–water partition coefficient (Wildman–Crippen LogP) is 6.71. The number of rotatable bonds is 9. The number of thiazole rings is 1. The third-order valence-corrected chi connectivity index (χ3v) is 6.78. The second-order valence-electron chi connectivity index (χ2n) is 6.87. The highest BCUT2D eigenvalue weighted by Crippen LogP contribution is 2.30. The quantitative estimate of drug-likeness (QED) is 0.339. The van der Waals surface area contributed by atoms with Crippen LogP contribution in [0.5, 0.6) is 0 Å². The normalized spacial score (nSPS) is 11.7. The van der Waals surface area contributed by atoms with Gasteiger partial charge < -0.3 is 10.6 Å². The molecule has 0 saturated carbocycles. The molecule has 5 nitrogen and oxygen atoms in total. The van der Waals surface area contributed by atoms with Crippen LogP contribution in [-0.2, 0) is 9.59 Å². The molecule has 0 saturated heterocycles. The molecule has 2 N–H and O–H groups in total. The number of aromatic nitrogens is 1. The van der Waals surface area contributed by atoms with Crippen LogP contribution < -0.4 is 10.6 Å². The Kier molecular flexibility index (Phi) is 8.51. The number of anilines is 2. The Balaban J connectivity index is 1.63. The van der Waals surface area contributed by atoms with E-state index in [0.717, 1.165) is 28.3 Å². The third kappa shape index (κ3) is 6.82. The van der Waals surface area contributed by atoms with Crippen molar-refractivity contribution in [1.82, 2.24) is 4.98 Å². The Morgan fingerprint density at radius 2 is 1.90 bits per heavy atom. The van der Waals surface area contributed by atoms with E-state index in [0.29, 0.717) is 23.0 Å². The minimum Gasteiger partial charge on any atom is -0.326 e. The number of hydrogen-bond acceptors (Lipinski definition) is 5. The standard InChI is InChI=1S/C23H24ClN3O2S2/c1-3-6-21(28)25-17-7-5-8-18(13-17)31-20(4-2)22(29)27-23-26-19(14-30-23)15-9-11-16(24)12-10-15/h5,7-14,20H,3-4,6H2,1-2H3,(H,25,28)(H,26,27,29). The van der Waals surface area contributed by atoms with Crippen molar-refractivity contribution in [2.45, 2.75) is 43.3 Å². The van der Waals surface area contributed by atoms with Gasteiger partial charge in [0, 0.05) is 33.0 Å². The van der Waals surface area contributed by atoms with E-state index in [1.165, 1.54) is 23.1 Å². The van der Waals surface area contributed by atoms with Crippen molar-refractivity contribution in [3.63, 3.8) is 0 Å². The maximum absolute atomic E-state index is 12.8. The van der Waals surface area contributed by atoms with E-state index >= 15 is 0 Å². The lowest BCUT2D eigenvalue weighted by Crippen LogP contribution is -2.24. The average molecular weight is 474 g/mol. The molecule has 162 valence electrons. The monoisotopic (exact) mass is 473 g/mol. The molecule has 3 aromatic rings. The predicted molar refractivity (Wildman–Crippen MR) is 131 cm³/mol. The Hall–Kier alpha value is -2.35. The van der Waals surface area contributed by atoms with Gasteiger partial charge in [-0.15, -0.1) is 23.1 Å². The molecule has 2 aromatic carbocycles. The van der Waals surface area contributed by atoms with E-state index in [2.05, 4.69) is 15.6 Å². The van der Waals surface area contributed by atoms with Gasteiger partial charge in [0.25, 0.3) is 0 Å². The van der Waals surface area contributed by atoms with Gasteiger partial charge >= 0.3 is 0 Å². The zero-order chi connectivity index (χ0) is 22.2. The van der Waals surface area contributed by atoms with Gasteiger partial charge in [0.15, 0.2) is 5.13 Å². The summed E-state index contributed by atoms with van der Waals surface area (Å²) in [7, 11) is 0. The lowest BCUT2D eigenvalue weighted by atomic mass is 10.2. The highest BCUT2D eigenvalue weighted by Gasteiger charge is 2.20. The molecule has 0 spiro atoms. The summed E-state index contributed by atoms with van der Waals surface area (Å²) in [6, 6.07) is 15.0. The largest absolute Gasteiger partial charge is 0.326 e. The second-order valence-corrected chi connectivity index (χ2v) is 9.45. The topological polar surface area (TPSA) is 71.1 Å². The summed E-state index contributed by atoms with van der Waals surface area (Å²) in [6.45, 7) is 3.95. The van der Waals surface area contributed by atoms with Crippen molar-refractivity contribution in [2.75, 3.05) is 10.6 Å². The van der Waals surface area contributed by atoms with Gasteiger partial charge in [0.1, 0.15) is 0 Å². The molecule has 1 unspecified atom stereocenters. The molecule has 0 bridgehead atoms. The van der Waals surface area contributed by atoms with E-state index < -0.39 is 0 Å². The van der Waals surface area contributed by atoms with Crippen LogP contribution >= 0.6 is 34.7 Å². The Bertz CT molecular complexity index is 1040. The fourth-order valence-electron chi connectivity index (χ4n) is 2.85. The van der Waals surface area contributed by atoms with Gasteiger partial charge in [0.05, 0.1) is 10.9 Å². The minimum atomic E-state index is -0.274. The molecule has 1 atom stereocenters. The maximum atomic E-state index is 12.8. The van der Waals surface area contributed by atoms with Crippen LogP contribution in [0.3, 0.4) is 0 Å². The van der Waals surface area contributed by atoms with Crippen LogP contribution in [0.15, 0.2) is 58.8 Å². The highest BCUT2D eigenvalue weighted by molar-refractivity contribution is 8.00. The van der Waals surface area contributed by atoms with E-state index in [9.17, 15) is 9.59 Å². The number of hydrogen-bond donors (Lipinski definition) is 2. The number of nitrogens with one attached hydrogen (secondary N) is 2. The van der Waals surface area contributed by atoms with E-state index in [4.69, 9.17) is 11.6 Å². The van der Waals surface area contributed by atoms with Gasteiger partial charge in [-0.3, -0.25) is 9.59 Å². The van der Waals surface area contributed by atoms with Gasteiger partial charge in [-0.2, -0.15) is 0 Å². The molecule has 0 aliphatic rings. The van der Waals surface area contributed by atoms with Crippen LogP contribution in [0, 0.1) is 0 Å². The zero-order valence-electron chi connectivity index (χ0n) is 17.4. The van der Waals surface area contributed by atoms with Crippen LogP contribution in [0.25, 0.3) is 11.3 Å². The smallest absolute Gasteiger partial charge is 0.239 e. The molecule has 1 heterocycles. The van der Waals surface area contributed by atoms with Crippen LogP contribution in [0.4, 0.5) is 10.8 Å². The van der Waals surface area contributed by atoms with E-state index in [-0.39, 0.29) is 17.1 Å². The molecule has 3 rings (SSSR count). The minimum absolute atomic E-state index is 0.00491. The SMILES string of the molecule is CCCC(=O)Nc1cccc(SC(CC)C(=O)Nc2nc(-c3ccc(Cl)cc3)cs2)c1. The molecule has 8 heteroatoms. The molecule has 0 aliphatic carbocycles. The number of benzene rings is 2. The summed E-state index contributed by atoms with van der Waals surface area (Å²) in [4.78, 5) is 30.1. The molecule has 0 radical (unpaired) electrons. The van der Waals surface area contributed by atoms with Gasteiger partial charge in [-0.1, -0.05) is 43.6 Å². The van der Waals surface area contributed by atoms with Crippen molar-refractivity contribution in [3.8, 4) is 11.3 Å². The average Bonchev–Trinajstić information content (AvgIpc) is 3.21. The summed E-state index contributed by atoms with van der Waals surface area (Å²) in [6.07, 6.45) is 1.95. The Morgan fingerprint density at radius 1 is 1.13 bits per heavy atom. The molecule has 0 fully saturated rings. The van der Waals surface area contributed by atoms with Crippen LogP contribution in [-0.4, -0.2) is 22.0 Å². The number of carbonyl (C=O) groups is 2. The first-order chi connectivity index (χ1) is 15.0. The second kappa shape index (κ2) is 11.3. The van der Waals surface area contributed by atoms with Gasteiger partial charge in [-0.05, 0) is 43.2 Å². The lowest BCUT2D eigenvalue weighted by Gasteiger charge is -2.14. The highest BCUT2D eigenvalue weighted by atomic mass is 35.5. The summed E-state index contributed by atoms with van der Waals surface area (Å²) in [5, 5.41) is 8.70. The summed E-state index contributed by atoms with van der Waals surface area (Å²) in [5.41, 5.74) is 2.49. The first kappa shape index (κ1) is 23.3. The van der Waals surface area contributed by atoms with Crippen molar-refractivity contribution in [2.24, 2.45) is 0 Å². The van der Waals surface area contributed by atoms with Crippen molar-refractivity contribution >= 4 is 57.3 Å². The Labute approximate surface area is 195 Å². The molecule has 31 heavy (non-hydrogen) atoms. The first-order valence-electron chi connectivity index (χ1n) is 10.1. The molecule has 1 aromatic heterocycles. The zero-order valence-corrected chi connectivity index (χ0v) is 19.7. The lowest BCUT2D eigenvalue weighted by molar-refractivity contribution is -0.116. The number of carbonyl (C=O) groups excluding carboxylic acids is 2. The summed E-state index contributed by atoms with van der Waals surface area (Å²) in [5.74, 6) is -0.0976. The maximum Gasteiger partial charge on any atom is 0.239 e. The molecule has 0 aliphatic heterocycles. The third-order valence-electron chi connectivity index (χ3n) is 4.41. The van der Waals surface area contributed by atoms with Gasteiger partial charge in [0.2, 0.25) is 11.8 Å². The summed E-state index contributed by atoms with van der Waals surface area (Å²) >= 11 is 8.81. The van der Waals surface area contributed by atoms with Gasteiger partial charge in [-0.25, -0.2) is 4.98 Å². The van der Waals surface area contributed by atoms with Crippen LogP contribution in [0.2, 0.25) is 5.02 Å². The number of thioether (sulfide) groups is 1. The molecule has 2 amide bonds. The fraction of sp³-hybridized carbons (Fsp3) is 0.261. The van der Waals surface area contributed by atoms with Crippen molar-refractivity contribution < 1.29 is 9.59 Å². The summed E-state index contributed by atoms with van der Waals surface area (Å²) < 4.78 is 0. The molecular weight excluding hydrogens is 450 g/mol. The van der Waals surface area contributed by atoms with E-state index in [1.54, 1.807) is 0 Å². The van der Waals surface area contributed by atoms with Crippen LogP contribution in [0.1, 0.15) is 33.1 Å². The number of halogens is 1. The first-order valence-corrected chi connectivity index (χ1v) is 12.2. The van der Waals surface area contributed by atoms with Crippen molar-refractivity contribution in [1.29, 1.82) is 0 Å². The van der Waals surface area contributed by atoms with E-state index in [1.807, 2.05) is 67.8 Å². The number of amides is 2.